The summed E-state index contributed by atoms with van der Waals surface area (Å²) in [6.45, 7) is 6.96. The largest absolute Gasteiger partial charge is 0.482 e. The van der Waals surface area contributed by atoms with Crippen LogP contribution < -0.4 is 11.5 Å². The van der Waals surface area contributed by atoms with Gasteiger partial charge in [-0.05, 0) is 0 Å². The second-order valence-corrected chi connectivity index (χ2v) is 9.70. The molecule has 0 unspecified atom stereocenters. The molecule has 3 heterocycles. The number of hydrogen-bond acceptors (Lipinski definition) is 19. The van der Waals surface area contributed by atoms with Crippen LogP contribution in [0.1, 0.15) is 41.5 Å². The van der Waals surface area contributed by atoms with Crippen LogP contribution in [0.2, 0.25) is 0 Å². The molecule has 52 heavy (non-hydrogen) atoms. The van der Waals surface area contributed by atoms with Gasteiger partial charge in [-0.1, -0.05) is 0 Å². The fourth-order valence-corrected chi connectivity index (χ4v) is 2.91. The average Bonchev–Trinajstić information content (AvgIpc) is 3.56. The van der Waals surface area contributed by atoms with Crippen LogP contribution >= 0.6 is 0 Å². The van der Waals surface area contributed by atoms with Gasteiger partial charge >= 0.3 is 0 Å². The third-order valence-electron chi connectivity index (χ3n) is 4.63. The van der Waals surface area contributed by atoms with Gasteiger partial charge in [0.05, 0.1) is 31.8 Å². The number of aliphatic hydroxyl groups is 6. The Bertz CT molecular complexity index is 906. The first-order chi connectivity index (χ1) is 23.7. The van der Waals surface area contributed by atoms with Crippen LogP contribution in [0, 0.1) is 0 Å². The number of carbonyl (C=O) groups is 6. The molecule has 0 saturated carbocycles. The quantitative estimate of drug-likeness (QED) is 0.127. The second kappa shape index (κ2) is 34.0. The maximum absolute atomic E-state index is 10.1. The SMILES string of the molecule is C1=NCCO1.CC(=O)O.CC(=O)O.CC(=O)O.CC(=O)O.CC(=O)O.CC(=O)O.N[C@@H]1[C@@H](O)[C@H](O[C@@H]2O[C@H](CO)[C@@H](O)[C@H](O)[C@H]2N)[C@@H](CO)O[C@H]1O. The van der Waals surface area contributed by atoms with Gasteiger partial charge in [0, 0.05) is 41.5 Å². The van der Waals surface area contributed by atoms with Gasteiger partial charge in [-0.3, -0.25) is 33.8 Å². The lowest BCUT2D eigenvalue weighted by molar-refractivity contribution is -0.324. The fourth-order valence-electron chi connectivity index (χ4n) is 2.91. The molecule has 3 rings (SSSR count). The van der Waals surface area contributed by atoms with Crippen molar-refractivity contribution in [1.82, 2.24) is 0 Å². The van der Waals surface area contributed by atoms with Crippen molar-refractivity contribution >= 4 is 42.2 Å². The van der Waals surface area contributed by atoms with E-state index in [0.717, 1.165) is 54.7 Å². The fraction of sp³-hybridized carbons (Fsp3) is 0.741. The summed E-state index contributed by atoms with van der Waals surface area (Å²) in [4.78, 5) is 57.7. The van der Waals surface area contributed by atoms with Gasteiger partial charge in [0.25, 0.3) is 35.8 Å². The summed E-state index contributed by atoms with van der Waals surface area (Å²) in [7, 11) is 0. The van der Waals surface area contributed by atoms with Crippen molar-refractivity contribution in [3.63, 3.8) is 0 Å². The predicted octanol–water partition coefficient (Wildman–Crippen LogP) is -4.87. The molecule has 16 N–H and O–H groups in total. The van der Waals surface area contributed by atoms with Crippen molar-refractivity contribution in [2.45, 2.75) is 103 Å². The van der Waals surface area contributed by atoms with E-state index in [1.54, 1.807) is 0 Å². The first-order valence-electron chi connectivity index (χ1n) is 14.4. The summed E-state index contributed by atoms with van der Waals surface area (Å²) in [5.74, 6) is -5.00. The lowest BCUT2D eigenvalue weighted by Gasteiger charge is -2.45. The number of aliphatic imine (C=N–C) groups is 1. The Morgan fingerprint density at radius 3 is 1.27 bits per heavy atom. The Labute approximate surface area is 297 Å². The summed E-state index contributed by atoms with van der Waals surface area (Å²) in [6, 6.07) is -2.37. The monoisotopic (exact) mass is 771 g/mol. The number of nitrogens with two attached hydrogens (primary N) is 2. The predicted molar refractivity (Wildman–Crippen MR) is 172 cm³/mol. The molecule has 0 radical (unpaired) electrons. The minimum atomic E-state index is -1.49. The van der Waals surface area contributed by atoms with Gasteiger partial charge in [0.15, 0.2) is 19.0 Å². The normalized spacial score (nSPS) is 27.6. The van der Waals surface area contributed by atoms with E-state index in [2.05, 4.69) is 9.73 Å². The lowest BCUT2D eigenvalue weighted by atomic mass is 9.95. The highest BCUT2D eigenvalue weighted by Gasteiger charge is 2.49. The standard InChI is InChI=1S/C12H24N2O9.C3H5NO.6C2H4O2/c13-5-9(19)10(4(2-16)21-11(5)20)23-12-6(14)8(18)7(17)3(1-15)22-12;1-2-5-3-4-1;6*1-2(3)4/h3-12,15-20H,1-2,13-14H2;3H,1-2H2;6*1H3,(H,3,4)/t3-,4-,5-,6-,7-,8-,9-,10-,11-,12+;;;;;;;/m1......./s1. The summed E-state index contributed by atoms with van der Waals surface area (Å²) in [6.07, 6.45) is -8.97. The highest BCUT2D eigenvalue weighted by molar-refractivity contribution is 5.64. The molecule has 25 heteroatoms. The molecule has 0 aromatic rings. The maximum Gasteiger partial charge on any atom is 0.300 e. The summed E-state index contributed by atoms with van der Waals surface area (Å²) >= 11 is 0. The van der Waals surface area contributed by atoms with Crippen LogP contribution in [0.3, 0.4) is 0 Å². The molecule has 3 aliphatic rings. The van der Waals surface area contributed by atoms with Crippen molar-refractivity contribution < 1.29 is 109 Å². The Kier molecular flexibility index (Phi) is 37.4. The molecule has 25 nitrogen and oxygen atoms in total. The number of ether oxygens (including phenoxy) is 4. The maximum atomic E-state index is 10.1. The summed E-state index contributed by atoms with van der Waals surface area (Å²) in [5.41, 5.74) is 11.3. The van der Waals surface area contributed by atoms with Crippen LogP contribution in [0.15, 0.2) is 4.99 Å². The average molecular weight is 772 g/mol. The third-order valence-corrected chi connectivity index (χ3v) is 4.63. The Morgan fingerprint density at radius 2 is 1.00 bits per heavy atom. The van der Waals surface area contributed by atoms with Crippen molar-refractivity contribution in [3.8, 4) is 0 Å². The second-order valence-electron chi connectivity index (χ2n) is 9.70. The van der Waals surface area contributed by atoms with E-state index in [-0.39, 0.29) is 0 Å². The molecule has 3 aliphatic heterocycles. The van der Waals surface area contributed by atoms with E-state index in [4.69, 9.17) is 90.2 Å². The molecule has 10 atom stereocenters. The van der Waals surface area contributed by atoms with E-state index < -0.39 is 110 Å². The molecule has 0 aromatic heterocycles. The van der Waals surface area contributed by atoms with Crippen molar-refractivity contribution in [2.24, 2.45) is 16.5 Å². The van der Waals surface area contributed by atoms with E-state index >= 15 is 0 Å². The smallest absolute Gasteiger partial charge is 0.300 e. The lowest BCUT2D eigenvalue weighted by Crippen LogP contribution is -2.67. The number of aliphatic hydroxyl groups excluding tert-OH is 6. The Hall–Kier alpha value is -4.15. The molecule has 0 aromatic carbocycles. The summed E-state index contributed by atoms with van der Waals surface area (Å²) < 4.78 is 20.5. The molecule has 0 amide bonds. The molecule has 308 valence electrons. The minimum Gasteiger partial charge on any atom is -0.482 e. The van der Waals surface area contributed by atoms with Gasteiger partial charge in [-0.25, -0.2) is 0 Å². The van der Waals surface area contributed by atoms with Gasteiger partial charge in [0.2, 0.25) is 0 Å². The van der Waals surface area contributed by atoms with Crippen molar-refractivity contribution in [2.75, 3.05) is 26.4 Å². The first kappa shape index (κ1) is 57.2. The first-order valence-corrected chi connectivity index (χ1v) is 14.4. The Balaban J connectivity index is -0.000000205. The van der Waals surface area contributed by atoms with Gasteiger partial charge in [-0.2, -0.15) is 0 Å². The van der Waals surface area contributed by atoms with Crippen LogP contribution in [-0.2, 0) is 47.7 Å². The zero-order chi connectivity index (χ0) is 42.3. The third kappa shape index (κ3) is 38.6. The highest BCUT2D eigenvalue weighted by atomic mass is 16.7. The molecule has 0 aliphatic carbocycles. The minimum absolute atomic E-state index is 0.581. The van der Waals surface area contributed by atoms with Crippen molar-refractivity contribution in [3.05, 3.63) is 0 Å². The number of aliphatic carboxylic acids is 6. The van der Waals surface area contributed by atoms with Gasteiger partial charge < -0.3 is 91.7 Å². The molecular formula is C27H53N3O22. The van der Waals surface area contributed by atoms with Crippen LogP contribution in [0.4, 0.5) is 0 Å². The number of hydrogen-bond donors (Lipinski definition) is 14. The molecule has 0 spiro atoms. The van der Waals surface area contributed by atoms with Crippen LogP contribution in [-0.4, -0.2) is 191 Å². The van der Waals surface area contributed by atoms with E-state index in [0.29, 0.717) is 0 Å². The van der Waals surface area contributed by atoms with Gasteiger partial charge in [-0.15, -0.1) is 0 Å². The molecule has 0 bridgehead atoms. The topological polar surface area (TPSA) is 447 Å². The zero-order valence-electron chi connectivity index (χ0n) is 29.2. The van der Waals surface area contributed by atoms with Crippen molar-refractivity contribution in [1.29, 1.82) is 0 Å². The number of carboxylic acids is 6. The van der Waals surface area contributed by atoms with Crippen LogP contribution in [0.5, 0.6) is 0 Å². The molecule has 2 fully saturated rings. The Morgan fingerprint density at radius 1 is 0.635 bits per heavy atom. The van der Waals surface area contributed by atoms with E-state index in [9.17, 15) is 25.5 Å². The number of nitrogens with zero attached hydrogens (tertiary/aromatic N) is 1. The zero-order valence-corrected chi connectivity index (χ0v) is 29.2. The summed E-state index contributed by atoms with van der Waals surface area (Å²) in [5, 5.41) is 102. The molecular weight excluding hydrogens is 718 g/mol. The van der Waals surface area contributed by atoms with Gasteiger partial charge in [0.1, 0.15) is 43.2 Å². The van der Waals surface area contributed by atoms with E-state index in [1.807, 2.05) is 0 Å². The van der Waals surface area contributed by atoms with Crippen LogP contribution in [0.25, 0.3) is 0 Å². The van der Waals surface area contributed by atoms with E-state index in [1.165, 1.54) is 6.40 Å². The number of rotatable bonds is 4. The highest BCUT2D eigenvalue weighted by Crippen LogP contribution is 2.27. The molecule has 2 saturated heterocycles. The number of carboxylic acid groups (broad SMARTS) is 6.